The van der Waals surface area contributed by atoms with Gasteiger partial charge >= 0.3 is 0 Å². The maximum atomic E-state index is 13.0. The van der Waals surface area contributed by atoms with E-state index in [-0.39, 0.29) is 11.3 Å². The van der Waals surface area contributed by atoms with Gasteiger partial charge < -0.3 is 20.1 Å². The van der Waals surface area contributed by atoms with E-state index < -0.39 is 0 Å². The van der Waals surface area contributed by atoms with Crippen LogP contribution in [0.2, 0.25) is 0 Å². The van der Waals surface area contributed by atoms with Crippen LogP contribution in [0.1, 0.15) is 49.7 Å². The average Bonchev–Trinajstić information content (AvgIpc) is 3.17. The van der Waals surface area contributed by atoms with Gasteiger partial charge in [-0.3, -0.25) is 4.79 Å². The van der Waals surface area contributed by atoms with Gasteiger partial charge in [0.05, 0.1) is 18.1 Å². The molecule has 148 valence electrons. The topological polar surface area (TPSA) is 59.6 Å². The Kier molecular flexibility index (Phi) is 6.11. The van der Waals surface area contributed by atoms with Gasteiger partial charge in [0.15, 0.2) is 0 Å². The number of benzene rings is 1. The number of rotatable bonds is 6. The number of carbonyl (C=O) groups is 1. The first-order chi connectivity index (χ1) is 13.3. The maximum Gasteiger partial charge on any atom is 0.228 e. The van der Waals surface area contributed by atoms with Crippen LogP contribution >= 0.6 is 0 Å². The molecule has 2 heterocycles. The van der Waals surface area contributed by atoms with E-state index in [9.17, 15) is 4.79 Å². The Hall–Kier alpha value is -1.43. The molecular weight excluding hydrogens is 340 g/mol. The van der Waals surface area contributed by atoms with E-state index in [1.54, 1.807) is 0 Å². The Balaban J connectivity index is 1.31. The zero-order chi connectivity index (χ0) is 18.5. The van der Waals surface area contributed by atoms with Gasteiger partial charge in [-0.2, -0.15) is 0 Å². The van der Waals surface area contributed by atoms with Crippen molar-refractivity contribution in [2.24, 2.45) is 11.3 Å². The van der Waals surface area contributed by atoms with Crippen LogP contribution in [0.15, 0.2) is 24.3 Å². The van der Waals surface area contributed by atoms with E-state index in [1.807, 2.05) is 0 Å². The molecule has 5 nitrogen and oxygen atoms in total. The summed E-state index contributed by atoms with van der Waals surface area (Å²) in [5.74, 6) is 0.742. The summed E-state index contributed by atoms with van der Waals surface area (Å²) in [6, 6.07) is 8.40. The fourth-order valence-electron chi connectivity index (χ4n) is 4.93. The van der Waals surface area contributed by atoms with Gasteiger partial charge in [0.1, 0.15) is 0 Å². The smallest absolute Gasteiger partial charge is 0.228 e. The average molecular weight is 373 g/mol. The van der Waals surface area contributed by atoms with Crippen molar-refractivity contribution in [1.29, 1.82) is 0 Å². The SMILES string of the molecule is O=C(NCc1cccc(COC2CCOCC2)c1)[C@@]12CCCC[C@H]1CNC2. The minimum Gasteiger partial charge on any atom is -0.381 e. The Morgan fingerprint density at radius 3 is 2.96 bits per heavy atom. The Morgan fingerprint density at radius 2 is 2.07 bits per heavy atom. The first-order valence-electron chi connectivity index (χ1n) is 10.5. The van der Waals surface area contributed by atoms with Crippen LogP contribution in [0.3, 0.4) is 0 Å². The van der Waals surface area contributed by atoms with Gasteiger partial charge in [0, 0.05) is 26.3 Å². The lowest BCUT2D eigenvalue weighted by molar-refractivity contribution is -0.134. The van der Waals surface area contributed by atoms with Crippen LogP contribution in [0.25, 0.3) is 0 Å². The first kappa shape index (κ1) is 18.9. The lowest BCUT2D eigenvalue weighted by Crippen LogP contribution is -2.47. The molecule has 1 amide bonds. The summed E-state index contributed by atoms with van der Waals surface area (Å²) in [6.45, 7) is 4.65. The predicted molar refractivity (Wildman–Crippen MR) is 104 cm³/mol. The molecule has 0 unspecified atom stereocenters. The number of hydrogen-bond acceptors (Lipinski definition) is 4. The molecule has 4 rings (SSSR count). The van der Waals surface area contributed by atoms with E-state index in [1.165, 1.54) is 24.8 Å². The molecule has 0 bridgehead atoms. The number of nitrogens with one attached hydrogen (secondary N) is 2. The first-order valence-corrected chi connectivity index (χ1v) is 10.5. The summed E-state index contributed by atoms with van der Waals surface area (Å²) in [4.78, 5) is 13.0. The minimum absolute atomic E-state index is 0.179. The Bertz CT molecular complexity index is 644. The van der Waals surface area contributed by atoms with Crippen molar-refractivity contribution in [2.75, 3.05) is 26.3 Å². The largest absolute Gasteiger partial charge is 0.381 e. The highest BCUT2D eigenvalue weighted by atomic mass is 16.5. The number of hydrogen-bond donors (Lipinski definition) is 2. The van der Waals surface area contributed by atoms with Gasteiger partial charge in [-0.05, 0) is 49.3 Å². The molecular formula is C22H32N2O3. The predicted octanol–water partition coefficient (Wildman–Crippen LogP) is 2.78. The van der Waals surface area contributed by atoms with Crippen molar-refractivity contribution in [3.63, 3.8) is 0 Å². The van der Waals surface area contributed by atoms with Crippen LogP contribution in [-0.4, -0.2) is 38.3 Å². The summed E-state index contributed by atoms with van der Waals surface area (Å²) < 4.78 is 11.4. The van der Waals surface area contributed by atoms with Gasteiger partial charge in [0.25, 0.3) is 0 Å². The highest BCUT2D eigenvalue weighted by Crippen LogP contribution is 2.43. The molecule has 0 radical (unpaired) electrons. The van der Waals surface area contributed by atoms with Crippen molar-refractivity contribution in [1.82, 2.24) is 10.6 Å². The molecule has 1 aromatic rings. The molecule has 2 saturated heterocycles. The molecule has 1 aromatic carbocycles. The lowest BCUT2D eigenvalue weighted by atomic mass is 9.67. The van der Waals surface area contributed by atoms with Crippen LogP contribution in [0.5, 0.6) is 0 Å². The highest BCUT2D eigenvalue weighted by Gasteiger charge is 2.49. The number of carbonyl (C=O) groups excluding carboxylic acids is 1. The Morgan fingerprint density at radius 1 is 1.22 bits per heavy atom. The number of fused-ring (bicyclic) bond motifs is 1. The quantitative estimate of drug-likeness (QED) is 0.806. The lowest BCUT2D eigenvalue weighted by Gasteiger charge is -2.37. The van der Waals surface area contributed by atoms with Gasteiger partial charge in [-0.1, -0.05) is 37.1 Å². The summed E-state index contributed by atoms with van der Waals surface area (Å²) in [5, 5.41) is 6.68. The Labute approximate surface area is 162 Å². The molecule has 1 aliphatic carbocycles. The summed E-state index contributed by atoms with van der Waals surface area (Å²) in [6.07, 6.45) is 6.90. The zero-order valence-electron chi connectivity index (χ0n) is 16.2. The molecule has 0 aromatic heterocycles. The fraction of sp³-hybridized carbons (Fsp3) is 0.682. The van der Waals surface area contributed by atoms with Crippen molar-refractivity contribution in [3.8, 4) is 0 Å². The molecule has 2 aliphatic heterocycles. The van der Waals surface area contributed by atoms with Gasteiger partial charge in [-0.25, -0.2) is 0 Å². The van der Waals surface area contributed by atoms with Gasteiger partial charge in [-0.15, -0.1) is 0 Å². The van der Waals surface area contributed by atoms with Gasteiger partial charge in [0.2, 0.25) is 5.91 Å². The monoisotopic (exact) mass is 372 g/mol. The van der Waals surface area contributed by atoms with E-state index in [4.69, 9.17) is 9.47 Å². The molecule has 2 N–H and O–H groups in total. The van der Waals surface area contributed by atoms with E-state index >= 15 is 0 Å². The molecule has 27 heavy (non-hydrogen) atoms. The molecule has 5 heteroatoms. The minimum atomic E-state index is -0.179. The standard InChI is InChI=1S/C22H32N2O3/c25-21(22-9-2-1-6-19(22)14-23-16-22)24-13-17-4-3-5-18(12-17)15-27-20-7-10-26-11-8-20/h3-5,12,19-20,23H,1-2,6-11,13-16H2,(H,24,25)/t19-,22+/m0/s1. The van der Waals surface area contributed by atoms with Crippen LogP contribution in [-0.2, 0) is 27.4 Å². The van der Waals surface area contributed by atoms with Crippen molar-refractivity contribution < 1.29 is 14.3 Å². The second-order valence-corrected chi connectivity index (χ2v) is 8.36. The second kappa shape index (κ2) is 8.72. The molecule has 3 fully saturated rings. The van der Waals surface area contributed by atoms with Crippen molar-refractivity contribution in [3.05, 3.63) is 35.4 Å². The summed E-state index contributed by atoms with van der Waals surface area (Å²) in [5.41, 5.74) is 2.14. The van der Waals surface area contributed by atoms with E-state index in [0.29, 0.717) is 25.2 Å². The third kappa shape index (κ3) is 4.36. The number of amides is 1. The van der Waals surface area contributed by atoms with Crippen LogP contribution in [0.4, 0.5) is 0 Å². The summed E-state index contributed by atoms with van der Waals surface area (Å²) in [7, 11) is 0. The molecule has 1 saturated carbocycles. The van der Waals surface area contributed by atoms with E-state index in [2.05, 4.69) is 34.9 Å². The molecule has 0 spiro atoms. The van der Waals surface area contributed by atoms with Crippen LogP contribution in [0, 0.1) is 11.3 Å². The van der Waals surface area contributed by atoms with Crippen molar-refractivity contribution >= 4 is 5.91 Å². The fourth-order valence-corrected chi connectivity index (χ4v) is 4.93. The van der Waals surface area contributed by atoms with Crippen LogP contribution < -0.4 is 10.6 Å². The third-order valence-corrected chi connectivity index (χ3v) is 6.59. The maximum absolute atomic E-state index is 13.0. The highest BCUT2D eigenvalue weighted by molar-refractivity contribution is 5.83. The van der Waals surface area contributed by atoms with Crippen molar-refractivity contribution in [2.45, 2.75) is 57.8 Å². The summed E-state index contributed by atoms with van der Waals surface area (Å²) >= 11 is 0. The number of ether oxygens (including phenoxy) is 2. The van der Waals surface area contributed by atoms with E-state index in [0.717, 1.165) is 51.1 Å². The molecule has 3 aliphatic rings. The molecule has 2 atom stereocenters. The zero-order valence-corrected chi connectivity index (χ0v) is 16.2. The normalized spacial score (nSPS) is 28.7. The second-order valence-electron chi connectivity index (χ2n) is 8.36. The third-order valence-electron chi connectivity index (χ3n) is 6.59.